The Morgan fingerprint density at radius 1 is 1.37 bits per heavy atom. The van der Waals surface area contributed by atoms with Crippen LogP contribution in [0.5, 0.6) is 0 Å². The van der Waals surface area contributed by atoms with Gasteiger partial charge < -0.3 is 15.0 Å². The van der Waals surface area contributed by atoms with E-state index >= 15 is 0 Å². The Hall–Kier alpha value is -0.480. The van der Waals surface area contributed by atoms with Crippen LogP contribution in [0.4, 0.5) is 0 Å². The van der Waals surface area contributed by atoms with Crippen LogP contribution in [-0.4, -0.2) is 55.4 Å². The molecule has 1 N–H and O–H groups in total. The van der Waals surface area contributed by atoms with Gasteiger partial charge in [0.25, 0.3) is 0 Å². The monoisotopic (exact) mass is 569 g/mol. The number of nitrogens with zero attached hydrogens (tertiary/aromatic N) is 2. The van der Waals surface area contributed by atoms with Crippen molar-refractivity contribution in [2.75, 3.05) is 33.3 Å². The smallest absolute Gasteiger partial charge is 0.308 e. The van der Waals surface area contributed by atoms with Crippen molar-refractivity contribution in [2.24, 2.45) is 10.9 Å². The summed E-state index contributed by atoms with van der Waals surface area (Å²) in [6.45, 7) is 7.53. The van der Waals surface area contributed by atoms with Crippen molar-refractivity contribution in [3.63, 3.8) is 0 Å². The van der Waals surface area contributed by atoms with Gasteiger partial charge >= 0.3 is 5.97 Å². The van der Waals surface area contributed by atoms with Gasteiger partial charge in [-0.2, -0.15) is 0 Å². The number of rotatable bonds is 6. The molecule has 0 spiro atoms. The number of esters is 1. The third-order valence-corrected chi connectivity index (χ3v) is 5.94. The molecule has 0 radical (unpaired) electrons. The van der Waals surface area contributed by atoms with E-state index in [2.05, 4.69) is 64.3 Å². The van der Waals surface area contributed by atoms with Crippen LogP contribution in [0.25, 0.3) is 0 Å². The number of nitrogens with one attached hydrogen (secondary N) is 1. The van der Waals surface area contributed by atoms with Crippen LogP contribution in [0, 0.1) is 5.92 Å². The summed E-state index contributed by atoms with van der Waals surface area (Å²) < 4.78 is 5.96. The topological polar surface area (TPSA) is 53.9 Å². The van der Waals surface area contributed by atoms with Crippen LogP contribution in [0.3, 0.4) is 0 Å². The molecule has 8 heteroatoms. The molecule has 0 aromatic heterocycles. The highest BCUT2D eigenvalue weighted by Crippen LogP contribution is 2.25. The van der Waals surface area contributed by atoms with Crippen LogP contribution in [0.1, 0.15) is 26.7 Å². The quantitative estimate of drug-likeness (QED) is 0.181. The Bertz CT molecular complexity index is 607. The molecule has 1 aromatic rings. The summed E-state index contributed by atoms with van der Waals surface area (Å²) in [5.74, 6) is 0.871. The third-order valence-electron chi connectivity index (χ3n) is 4.31. The van der Waals surface area contributed by atoms with Crippen molar-refractivity contribution < 1.29 is 9.53 Å². The van der Waals surface area contributed by atoms with E-state index in [0.717, 1.165) is 49.5 Å². The second-order valence-corrected chi connectivity index (χ2v) is 8.79. The van der Waals surface area contributed by atoms with Crippen molar-refractivity contribution in [3.05, 3.63) is 28.7 Å². The van der Waals surface area contributed by atoms with E-state index in [9.17, 15) is 4.79 Å². The minimum atomic E-state index is -0.0916. The molecule has 27 heavy (non-hydrogen) atoms. The molecule has 1 aliphatic rings. The lowest BCUT2D eigenvalue weighted by atomic mass is 9.97. The molecular weight excluding hydrogens is 541 g/mol. The summed E-state index contributed by atoms with van der Waals surface area (Å²) in [5, 5.41) is 3.77. The van der Waals surface area contributed by atoms with E-state index in [4.69, 9.17) is 9.73 Å². The number of ether oxygens (including phenoxy) is 1. The normalized spacial score (nSPS) is 16.4. The highest BCUT2D eigenvalue weighted by molar-refractivity contribution is 14.0. The maximum Gasteiger partial charge on any atom is 0.308 e. The summed E-state index contributed by atoms with van der Waals surface area (Å²) in [4.78, 5) is 20.0. The van der Waals surface area contributed by atoms with Crippen molar-refractivity contribution >= 4 is 63.6 Å². The predicted molar refractivity (Wildman–Crippen MR) is 127 cm³/mol. The van der Waals surface area contributed by atoms with Gasteiger partial charge in [0.15, 0.2) is 5.96 Å². The summed E-state index contributed by atoms with van der Waals surface area (Å²) >= 11 is 5.30. The summed E-state index contributed by atoms with van der Waals surface area (Å²) in [5.41, 5.74) is 0. The van der Waals surface area contributed by atoms with E-state index in [1.165, 1.54) is 12.0 Å². The Labute approximate surface area is 192 Å². The number of likely N-dealkylation sites (tertiary alicyclic amines) is 1. The Kier molecular flexibility index (Phi) is 11.7. The maximum absolute atomic E-state index is 11.7. The molecule has 1 unspecified atom stereocenters. The fourth-order valence-electron chi connectivity index (χ4n) is 2.92. The largest absolute Gasteiger partial charge is 0.469 e. The highest BCUT2D eigenvalue weighted by atomic mass is 127. The maximum atomic E-state index is 11.7. The zero-order valence-electron chi connectivity index (χ0n) is 16.1. The molecule has 1 saturated heterocycles. The number of aliphatic imine (C=N–C) groups is 1. The van der Waals surface area contributed by atoms with Gasteiger partial charge in [-0.05, 0) is 44.0 Å². The zero-order chi connectivity index (χ0) is 18.9. The molecule has 152 valence electrons. The minimum absolute atomic E-state index is 0. The van der Waals surface area contributed by atoms with E-state index in [0.29, 0.717) is 5.25 Å². The highest BCUT2D eigenvalue weighted by Gasteiger charge is 2.27. The van der Waals surface area contributed by atoms with E-state index in [1.54, 1.807) is 0 Å². The molecule has 1 fully saturated rings. The Morgan fingerprint density at radius 2 is 2.00 bits per heavy atom. The first-order valence-electron chi connectivity index (χ1n) is 9.06. The lowest BCUT2D eigenvalue weighted by Crippen LogP contribution is -2.46. The molecular formula is C19H29BrIN3O2S. The summed E-state index contributed by atoms with van der Waals surface area (Å²) in [7, 11) is 1.46. The number of hydrogen-bond donors (Lipinski definition) is 1. The van der Waals surface area contributed by atoms with Crippen molar-refractivity contribution in [2.45, 2.75) is 36.8 Å². The van der Waals surface area contributed by atoms with E-state index in [1.807, 2.05) is 11.8 Å². The fraction of sp³-hybridized carbons (Fsp3) is 0.579. The minimum Gasteiger partial charge on any atom is -0.469 e. The van der Waals surface area contributed by atoms with Crippen molar-refractivity contribution in [3.8, 4) is 0 Å². The third kappa shape index (κ3) is 8.19. The molecule has 2 rings (SSSR count). The Morgan fingerprint density at radius 3 is 2.56 bits per heavy atom. The van der Waals surface area contributed by atoms with Gasteiger partial charge in [-0.1, -0.05) is 22.9 Å². The first-order valence-corrected chi connectivity index (χ1v) is 10.7. The standard InChI is InChI=1S/C19H28BrN3O2S.HI/c1-4-21-19(23-11-9-15(10-12-23)18(24)25-3)22-13-14(2)26-17-7-5-16(20)6-8-17;/h5-8,14-15H,4,9-13H2,1-3H3,(H,21,22);1H. The number of hydrogen-bond acceptors (Lipinski definition) is 4. The second-order valence-electron chi connectivity index (χ2n) is 6.36. The van der Waals surface area contributed by atoms with E-state index in [-0.39, 0.29) is 35.9 Å². The number of halogens is 2. The average molecular weight is 570 g/mol. The van der Waals surface area contributed by atoms with Crippen LogP contribution in [0.15, 0.2) is 38.6 Å². The van der Waals surface area contributed by atoms with Gasteiger partial charge in [0.2, 0.25) is 0 Å². The lowest BCUT2D eigenvalue weighted by molar-refractivity contribution is -0.146. The number of thioether (sulfide) groups is 1. The van der Waals surface area contributed by atoms with Crippen molar-refractivity contribution in [1.82, 2.24) is 10.2 Å². The lowest BCUT2D eigenvalue weighted by Gasteiger charge is -2.33. The van der Waals surface area contributed by atoms with E-state index < -0.39 is 0 Å². The van der Waals surface area contributed by atoms with Gasteiger partial charge in [-0.3, -0.25) is 9.79 Å². The van der Waals surface area contributed by atoms with Gasteiger partial charge in [-0.25, -0.2) is 0 Å². The van der Waals surface area contributed by atoms with Crippen LogP contribution < -0.4 is 5.32 Å². The number of carbonyl (C=O) groups excluding carboxylic acids is 1. The number of carbonyl (C=O) groups is 1. The number of piperidine rings is 1. The predicted octanol–water partition coefficient (Wildman–Crippen LogP) is 4.40. The zero-order valence-corrected chi connectivity index (χ0v) is 20.8. The molecule has 0 bridgehead atoms. The Balaban J connectivity index is 0.00000364. The summed E-state index contributed by atoms with van der Waals surface area (Å²) in [6, 6.07) is 8.37. The van der Waals surface area contributed by atoms with Gasteiger partial charge in [-0.15, -0.1) is 35.7 Å². The average Bonchev–Trinajstić information content (AvgIpc) is 2.66. The van der Waals surface area contributed by atoms with Crippen LogP contribution >= 0.6 is 51.7 Å². The molecule has 1 heterocycles. The molecule has 1 atom stereocenters. The molecule has 1 aromatic carbocycles. The molecule has 0 amide bonds. The summed E-state index contributed by atoms with van der Waals surface area (Å²) in [6.07, 6.45) is 1.64. The number of guanidine groups is 1. The van der Waals surface area contributed by atoms with Gasteiger partial charge in [0.05, 0.1) is 19.6 Å². The first-order chi connectivity index (χ1) is 12.5. The van der Waals surface area contributed by atoms with Crippen LogP contribution in [-0.2, 0) is 9.53 Å². The fourth-order valence-corrected chi connectivity index (χ4v) is 4.09. The SMILES string of the molecule is CCNC(=NCC(C)Sc1ccc(Br)cc1)N1CCC(C(=O)OC)CC1.I. The molecule has 0 aliphatic carbocycles. The van der Waals surface area contributed by atoms with Gasteiger partial charge in [0.1, 0.15) is 0 Å². The molecule has 0 saturated carbocycles. The van der Waals surface area contributed by atoms with Crippen LogP contribution in [0.2, 0.25) is 0 Å². The molecule has 5 nitrogen and oxygen atoms in total. The molecule has 1 aliphatic heterocycles. The number of methoxy groups -OCH3 is 1. The first kappa shape index (κ1) is 24.6. The second kappa shape index (κ2) is 12.9. The number of benzene rings is 1. The van der Waals surface area contributed by atoms with Gasteiger partial charge in [0, 0.05) is 34.3 Å². The van der Waals surface area contributed by atoms with Crippen molar-refractivity contribution in [1.29, 1.82) is 0 Å².